The van der Waals surface area contributed by atoms with Crippen LogP contribution in [0.2, 0.25) is 0 Å². The monoisotopic (exact) mass is 200 g/mol. The van der Waals surface area contributed by atoms with Crippen LogP contribution in [-0.2, 0) is 4.79 Å². The van der Waals surface area contributed by atoms with Crippen molar-refractivity contribution in [3.8, 4) is 0 Å². The van der Waals surface area contributed by atoms with Crippen LogP contribution in [0.15, 0.2) is 0 Å². The Morgan fingerprint density at radius 2 is 1.71 bits per heavy atom. The average molecular weight is 200 g/mol. The van der Waals surface area contributed by atoms with E-state index in [0.717, 1.165) is 12.8 Å². The van der Waals surface area contributed by atoms with Gasteiger partial charge in [-0.25, -0.2) is 0 Å². The molecule has 0 aromatic carbocycles. The van der Waals surface area contributed by atoms with Crippen molar-refractivity contribution in [1.29, 1.82) is 0 Å². The minimum atomic E-state index is -0.355. The fourth-order valence-corrected chi connectivity index (χ4v) is 1.63. The molecule has 0 saturated carbocycles. The van der Waals surface area contributed by atoms with Crippen molar-refractivity contribution in [3.05, 3.63) is 0 Å². The van der Waals surface area contributed by atoms with Crippen LogP contribution in [0.5, 0.6) is 0 Å². The fourth-order valence-electron chi connectivity index (χ4n) is 1.63. The molecule has 0 fully saturated rings. The molecule has 1 amide bonds. The van der Waals surface area contributed by atoms with Crippen molar-refractivity contribution in [3.63, 3.8) is 0 Å². The molecule has 0 rings (SSSR count). The lowest BCUT2D eigenvalue weighted by atomic mass is 9.95. The number of carbonyl (C=O) groups excluding carboxylic acids is 1. The third-order valence-electron chi connectivity index (χ3n) is 2.90. The molecule has 0 heterocycles. The number of carbonyl (C=O) groups is 1. The van der Waals surface area contributed by atoms with Crippen LogP contribution in [0.1, 0.15) is 47.0 Å². The van der Waals surface area contributed by atoms with E-state index in [0.29, 0.717) is 12.3 Å². The quantitative estimate of drug-likeness (QED) is 0.685. The summed E-state index contributed by atoms with van der Waals surface area (Å²) in [4.78, 5) is 11.5. The highest BCUT2D eigenvalue weighted by Crippen LogP contribution is 2.12. The first-order chi connectivity index (χ1) is 6.56. The van der Waals surface area contributed by atoms with E-state index < -0.39 is 0 Å². The number of rotatable bonds is 6. The lowest BCUT2D eigenvalue weighted by molar-refractivity contribution is -0.123. The van der Waals surface area contributed by atoms with Crippen LogP contribution in [0.4, 0.5) is 0 Å². The average Bonchev–Trinajstić information content (AvgIpc) is 2.18. The predicted octanol–water partition coefficient (Wildman–Crippen LogP) is 1.66. The standard InChI is InChI=1S/C11H24N2O/c1-5-9(6-2)8(4)13-11(14)10(12)7-3/h8-10H,5-7,12H2,1-4H3,(H,13,14)/t8?,10-/m0/s1. The second-order valence-electron chi connectivity index (χ2n) is 3.89. The molecule has 84 valence electrons. The summed E-state index contributed by atoms with van der Waals surface area (Å²) in [6.45, 7) is 8.27. The van der Waals surface area contributed by atoms with Crippen LogP contribution >= 0.6 is 0 Å². The molecule has 0 radical (unpaired) electrons. The molecule has 3 heteroatoms. The van der Waals surface area contributed by atoms with Crippen LogP contribution in [0.3, 0.4) is 0 Å². The van der Waals surface area contributed by atoms with Crippen molar-refractivity contribution in [2.24, 2.45) is 11.7 Å². The first-order valence-electron chi connectivity index (χ1n) is 5.62. The lowest BCUT2D eigenvalue weighted by Crippen LogP contribution is -2.46. The van der Waals surface area contributed by atoms with Crippen molar-refractivity contribution in [2.75, 3.05) is 0 Å². The molecule has 3 N–H and O–H groups in total. The molecule has 0 aliphatic rings. The Balaban J connectivity index is 4.03. The summed E-state index contributed by atoms with van der Waals surface area (Å²) in [6, 6.07) is -0.123. The van der Waals surface area contributed by atoms with Gasteiger partial charge in [0.05, 0.1) is 6.04 Å². The number of amides is 1. The SMILES string of the molecule is CCC(CC)C(C)NC(=O)[C@@H](N)CC. The topological polar surface area (TPSA) is 55.1 Å². The molecule has 2 atom stereocenters. The molecule has 0 aromatic heterocycles. The van der Waals surface area contributed by atoms with Crippen LogP contribution < -0.4 is 11.1 Å². The van der Waals surface area contributed by atoms with Crippen LogP contribution in [0, 0.1) is 5.92 Å². The molecule has 0 aromatic rings. The van der Waals surface area contributed by atoms with E-state index in [-0.39, 0.29) is 18.0 Å². The number of hydrogen-bond acceptors (Lipinski definition) is 2. The van der Waals surface area contributed by atoms with E-state index in [1.54, 1.807) is 0 Å². The van der Waals surface area contributed by atoms with Crippen molar-refractivity contribution in [1.82, 2.24) is 5.32 Å². The summed E-state index contributed by atoms with van der Waals surface area (Å²) in [7, 11) is 0. The highest BCUT2D eigenvalue weighted by Gasteiger charge is 2.18. The highest BCUT2D eigenvalue weighted by molar-refractivity contribution is 5.81. The Labute approximate surface area is 87.4 Å². The van der Waals surface area contributed by atoms with E-state index in [1.807, 2.05) is 6.92 Å². The van der Waals surface area contributed by atoms with Gasteiger partial charge in [0.15, 0.2) is 0 Å². The maximum Gasteiger partial charge on any atom is 0.237 e. The van der Waals surface area contributed by atoms with E-state index in [4.69, 9.17) is 5.73 Å². The number of nitrogens with one attached hydrogen (secondary N) is 1. The van der Waals surface area contributed by atoms with Crippen molar-refractivity contribution in [2.45, 2.75) is 59.0 Å². The van der Waals surface area contributed by atoms with Crippen molar-refractivity contribution < 1.29 is 4.79 Å². The summed E-state index contributed by atoms with van der Waals surface area (Å²) in [5.74, 6) is 0.537. The molecule has 1 unspecified atom stereocenters. The molecule has 0 aliphatic heterocycles. The van der Waals surface area contributed by atoms with Gasteiger partial charge in [-0.15, -0.1) is 0 Å². The van der Waals surface area contributed by atoms with Gasteiger partial charge in [-0.1, -0.05) is 33.6 Å². The van der Waals surface area contributed by atoms with Gasteiger partial charge in [0.2, 0.25) is 5.91 Å². The summed E-state index contributed by atoms with van der Waals surface area (Å²) >= 11 is 0. The minimum absolute atomic E-state index is 0.0214. The Morgan fingerprint density at radius 3 is 2.07 bits per heavy atom. The number of nitrogens with two attached hydrogens (primary N) is 1. The largest absolute Gasteiger partial charge is 0.352 e. The first kappa shape index (κ1) is 13.4. The molecule has 0 saturated heterocycles. The van der Waals surface area contributed by atoms with Gasteiger partial charge in [-0.05, 0) is 19.3 Å². The smallest absolute Gasteiger partial charge is 0.237 e. The van der Waals surface area contributed by atoms with Crippen molar-refractivity contribution >= 4 is 5.91 Å². The van der Waals surface area contributed by atoms with E-state index in [2.05, 4.69) is 26.1 Å². The Kier molecular flexibility index (Phi) is 6.54. The summed E-state index contributed by atoms with van der Waals surface area (Å²) < 4.78 is 0. The molecular formula is C11H24N2O. The van der Waals surface area contributed by atoms with Gasteiger partial charge in [0.1, 0.15) is 0 Å². The second-order valence-corrected chi connectivity index (χ2v) is 3.89. The molecule has 3 nitrogen and oxygen atoms in total. The summed E-state index contributed by atoms with van der Waals surface area (Å²) in [5, 5.41) is 2.97. The minimum Gasteiger partial charge on any atom is -0.352 e. The van der Waals surface area contributed by atoms with E-state index >= 15 is 0 Å². The maximum absolute atomic E-state index is 11.5. The fraction of sp³-hybridized carbons (Fsp3) is 0.909. The van der Waals surface area contributed by atoms with Gasteiger partial charge in [0.25, 0.3) is 0 Å². The Morgan fingerprint density at radius 1 is 1.21 bits per heavy atom. The predicted molar refractivity (Wildman–Crippen MR) is 59.9 cm³/mol. The Hall–Kier alpha value is -0.570. The molecule has 14 heavy (non-hydrogen) atoms. The van der Waals surface area contributed by atoms with Crippen LogP contribution in [0.25, 0.3) is 0 Å². The maximum atomic E-state index is 11.5. The normalized spacial score (nSPS) is 15.3. The number of hydrogen-bond donors (Lipinski definition) is 2. The Bertz CT molecular complexity index is 167. The molecule has 0 spiro atoms. The third kappa shape index (κ3) is 4.09. The zero-order valence-electron chi connectivity index (χ0n) is 9.84. The summed E-state index contributed by atoms with van der Waals surface area (Å²) in [6.07, 6.45) is 2.89. The van der Waals surface area contributed by atoms with Gasteiger partial charge in [-0.2, -0.15) is 0 Å². The van der Waals surface area contributed by atoms with E-state index in [9.17, 15) is 4.79 Å². The molecular weight excluding hydrogens is 176 g/mol. The van der Waals surface area contributed by atoms with E-state index in [1.165, 1.54) is 0 Å². The van der Waals surface area contributed by atoms with Gasteiger partial charge < -0.3 is 11.1 Å². The van der Waals surface area contributed by atoms with Gasteiger partial charge in [-0.3, -0.25) is 4.79 Å². The lowest BCUT2D eigenvalue weighted by Gasteiger charge is -2.23. The second kappa shape index (κ2) is 6.82. The zero-order valence-corrected chi connectivity index (χ0v) is 9.84. The zero-order chi connectivity index (χ0) is 11.1. The van der Waals surface area contributed by atoms with Gasteiger partial charge >= 0.3 is 0 Å². The van der Waals surface area contributed by atoms with Gasteiger partial charge in [0, 0.05) is 6.04 Å². The van der Waals surface area contributed by atoms with Crippen LogP contribution in [-0.4, -0.2) is 18.0 Å². The summed E-state index contributed by atoms with van der Waals surface area (Å²) in [5.41, 5.74) is 5.64. The highest BCUT2D eigenvalue weighted by atomic mass is 16.2. The molecule has 0 bridgehead atoms. The third-order valence-corrected chi connectivity index (χ3v) is 2.90. The molecule has 0 aliphatic carbocycles. The first-order valence-corrected chi connectivity index (χ1v) is 5.62.